The molecule has 0 saturated carbocycles. The molecule has 0 bridgehead atoms. The smallest absolute Gasteiger partial charge is 0.269 e. The minimum absolute atomic E-state index is 0.0395. The predicted octanol–water partition coefficient (Wildman–Crippen LogP) is 0.841. The summed E-state index contributed by atoms with van der Waals surface area (Å²) < 4.78 is 22.4. The fourth-order valence-corrected chi connectivity index (χ4v) is 2.79. The fraction of sp³-hybridized carbons (Fsp3) is 0.278. The Morgan fingerprint density at radius 1 is 0.963 bits per heavy atom. The van der Waals surface area contributed by atoms with Crippen molar-refractivity contribution < 1.29 is 18.0 Å². The van der Waals surface area contributed by atoms with Crippen molar-refractivity contribution in [3.8, 4) is 0 Å². The van der Waals surface area contributed by atoms with E-state index in [9.17, 15) is 18.0 Å². The average Bonchev–Trinajstić information content (AvgIpc) is 2.65. The number of carbonyl (C=O) groups excluding carboxylic acids is 2. The highest BCUT2D eigenvalue weighted by molar-refractivity contribution is 7.89. The number of sulfonamides is 1. The molecular formula is C18H22N4O4S. The number of benzene rings is 1. The Kier molecular flexibility index (Phi) is 7.03. The lowest BCUT2D eigenvalue weighted by Crippen LogP contribution is -2.29. The molecule has 0 fully saturated rings. The lowest BCUT2D eigenvalue weighted by molar-refractivity contribution is 0.0944. The second kappa shape index (κ2) is 9.24. The van der Waals surface area contributed by atoms with Crippen LogP contribution in [0.15, 0.2) is 47.4 Å². The highest BCUT2D eigenvalue weighted by Gasteiger charge is 2.12. The Hall–Kier alpha value is -2.78. The van der Waals surface area contributed by atoms with Gasteiger partial charge in [-0.15, -0.1) is 0 Å². The van der Waals surface area contributed by atoms with E-state index in [4.69, 9.17) is 5.14 Å². The van der Waals surface area contributed by atoms with Crippen LogP contribution in [-0.4, -0.2) is 38.3 Å². The van der Waals surface area contributed by atoms with Crippen molar-refractivity contribution in [2.75, 3.05) is 13.1 Å². The maximum absolute atomic E-state index is 12.2. The first-order valence-corrected chi connectivity index (χ1v) is 10.0. The van der Waals surface area contributed by atoms with Gasteiger partial charge in [-0.2, -0.15) is 0 Å². The summed E-state index contributed by atoms with van der Waals surface area (Å²) in [4.78, 5) is 28.3. The zero-order valence-electron chi connectivity index (χ0n) is 14.9. The van der Waals surface area contributed by atoms with E-state index in [2.05, 4.69) is 15.6 Å². The summed E-state index contributed by atoms with van der Waals surface area (Å²) in [5, 5.41) is 10.5. The molecule has 0 radical (unpaired) electrons. The Labute approximate surface area is 158 Å². The van der Waals surface area contributed by atoms with Gasteiger partial charge in [0.1, 0.15) is 11.4 Å². The Balaban J connectivity index is 1.91. The molecule has 0 aliphatic rings. The van der Waals surface area contributed by atoms with Crippen LogP contribution in [0.5, 0.6) is 0 Å². The second-order valence-corrected chi connectivity index (χ2v) is 7.42. The first-order valence-electron chi connectivity index (χ1n) is 8.46. The second-order valence-electron chi connectivity index (χ2n) is 5.86. The van der Waals surface area contributed by atoms with Crippen molar-refractivity contribution in [2.24, 2.45) is 5.14 Å². The number of primary sulfonamides is 1. The molecule has 0 spiro atoms. The molecule has 2 amide bonds. The molecule has 0 aliphatic carbocycles. The first kappa shape index (κ1) is 20.5. The van der Waals surface area contributed by atoms with Crippen LogP contribution in [0.4, 0.5) is 0 Å². The SMILES string of the molecule is CCCNC(=O)c1cccc(C(=O)NCCc2ccc(S(N)(=O)=O)cc2)n1. The minimum Gasteiger partial charge on any atom is -0.351 e. The molecule has 8 nitrogen and oxygen atoms in total. The van der Waals surface area contributed by atoms with Crippen LogP contribution >= 0.6 is 0 Å². The Bertz CT molecular complexity index is 911. The topological polar surface area (TPSA) is 131 Å². The van der Waals surface area contributed by atoms with Crippen LogP contribution in [0.1, 0.15) is 39.9 Å². The molecule has 27 heavy (non-hydrogen) atoms. The zero-order chi connectivity index (χ0) is 19.9. The number of hydrogen-bond donors (Lipinski definition) is 3. The van der Waals surface area contributed by atoms with Crippen molar-refractivity contribution in [1.29, 1.82) is 0 Å². The van der Waals surface area contributed by atoms with Gasteiger partial charge in [-0.1, -0.05) is 25.1 Å². The number of aromatic nitrogens is 1. The van der Waals surface area contributed by atoms with Gasteiger partial charge in [0.05, 0.1) is 4.90 Å². The maximum atomic E-state index is 12.2. The molecule has 144 valence electrons. The lowest BCUT2D eigenvalue weighted by atomic mass is 10.1. The molecule has 2 rings (SSSR count). The van der Waals surface area contributed by atoms with Crippen molar-refractivity contribution in [2.45, 2.75) is 24.7 Å². The monoisotopic (exact) mass is 390 g/mol. The largest absolute Gasteiger partial charge is 0.351 e. The molecule has 1 heterocycles. The molecule has 1 aromatic heterocycles. The van der Waals surface area contributed by atoms with Gasteiger partial charge >= 0.3 is 0 Å². The summed E-state index contributed by atoms with van der Waals surface area (Å²) in [5.74, 6) is -0.706. The number of amides is 2. The van der Waals surface area contributed by atoms with E-state index in [0.29, 0.717) is 19.5 Å². The van der Waals surface area contributed by atoms with Gasteiger partial charge in [0.2, 0.25) is 10.0 Å². The number of nitrogens with zero attached hydrogens (tertiary/aromatic N) is 1. The van der Waals surface area contributed by atoms with E-state index in [-0.39, 0.29) is 28.1 Å². The fourth-order valence-electron chi connectivity index (χ4n) is 2.27. The molecule has 4 N–H and O–H groups in total. The van der Waals surface area contributed by atoms with Crippen LogP contribution in [0.3, 0.4) is 0 Å². The van der Waals surface area contributed by atoms with E-state index in [0.717, 1.165) is 12.0 Å². The van der Waals surface area contributed by atoms with E-state index in [1.807, 2.05) is 6.92 Å². The van der Waals surface area contributed by atoms with Crippen molar-refractivity contribution in [3.05, 3.63) is 59.4 Å². The standard InChI is InChI=1S/C18H22N4O4S/c1-2-11-20-17(23)15-4-3-5-16(22-15)18(24)21-12-10-13-6-8-14(9-7-13)27(19,25)26/h3-9H,2,10-12H2,1H3,(H,20,23)(H,21,24)(H2,19,25,26). The lowest BCUT2D eigenvalue weighted by Gasteiger charge is -2.07. The number of nitrogens with one attached hydrogen (secondary N) is 2. The number of rotatable bonds is 8. The third kappa shape index (κ3) is 6.15. The van der Waals surface area contributed by atoms with Crippen LogP contribution in [0, 0.1) is 0 Å². The van der Waals surface area contributed by atoms with Crippen LogP contribution in [-0.2, 0) is 16.4 Å². The molecule has 0 atom stereocenters. The molecule has 2 aromatic rings. The molecule has 9 heteroatoms. The minimum atomic E-state index is -3.72. The van der Waals surface area contributed by atoms with Gasteiger partial charge in [0.25, 0.3) is 11.8 Å². The summed E-state index contributed by atoms with van der Waals surface area (Å²) in [7, 11) is -3.72. The summed E-state index contributed by atoms with van der Waals surface area (Å²) in [6.07, 6.45) is 1.32. The predicted molar refractivity (Wildman–Crippen MR) is 101 cm³/mol. The molecular weight excluding hydrogens is 368 g/mol. The third-order valence-electron chi connectivity index (χ3n) is 3.70. The quantitative estimate of drug-likeness (QED) is 0.615. The zero-order valence-corrected chi connectivity index (χ0v) is 15.8. The van der Waals surface area contributed by atoms with Crippen molar-refractivity contribution >= 4 is 21.8 Å². The van der Waals surface area contributed by atoms with E-state index in [1.165, 1.54) is 18.2 Å². The summed E-state index contributed by atoms with van der Waals surface area (Å²) in [6, 6.07) is 10.8. The van der Waals surface area contributed by atoms with E-state index in [1.54, 1.807) is 24.3 Å². The summed E-state index contributed by atoms with van der Waals surface area (Å²) in [5.41, 5.74) is 1.20. The highest BCUT2D eigenvalue weighted by Crippen LogP contribution is 2.09. The number of pyridine rings is 1. The van der Waals surface area contributed by atoms with Gasteiger partial charge < -0.3 is 10.6 Å². The van der Waals surface area contributed by atoms with Gasteiger partial charge in [0, 0.05) is 13.1 Å². The third-order valence-corrected chi connectivity index (χ3v) is 4.63. The Morgan fingerprint density at radius 2 is 1.52 bits per heavy atom. The molecule has 1 aromatic carbocycles. The molecule has 0 aliphatic heterocycles. The Morgan fingerprint density at radius 3 is 2.04 bits per heavy atom. The first-order chi connectivity index (χ1) is 12.8. The molecule has 0 saturated heterocycles. The maximum Gasteiger partial charge on any atom is 0.269 e. The van der Waals surface area contributed by atoms with Crippen LogP contribution in [0.2, 0.25) is 0 Å². The van der Waals surface area contributed by atoms with Crippen molar-refractivity contribution in [3.63, 3.8) is 0 Å². The van der Waals surface area contributed by atoms with Gasteiger partial charge in [0.15, 0.2) is 0 Å². The van der Waals surface area contributed by atoms with Gasteiger partial charge in [-0.05, 0) is 42.7 Å². The van der Waals surface area contributed by atoms with Crippen molar-refractivity contribution in [1.82, 2.24) is 15.6 Å². The van der Waals surface area contributed by atoms with Gasteiger partial charge in [-0.25, -0.2) is 18.5 Å². The van der Waals surface area contributed by atoms with Gasteiger partial charge in [-0.3, -0.25) is 9.59 Å². The average molecular weight is 390 g/mol. The summed E-state index contributed by atoms with van der Waals surface area (Å²) in [6.45, 7) is 2.82. The van der Waals surface area contributed by atoms with Crippen LogP contribution in [0.25, 0.3) is 0 Å². The van der Waals surface area contributed by atoms with E-state index < -0.39 is 10.0 Å². The highest BCUT2D eigenvalue weighted by atomic mass is 32.2. The number of nitrogens with two attached hydrogens (primary N) is 1. The van der Waals surface area contributed by atoms with E-state index >= 15 is 0 Å². The normalized spacial score (nSPS) is 11.0. The molecule has 0 unspecified atom stereocenters. The summed E-state index contributed by atoms with van der Waals surface area (Å²) >= 11 is 0. The number of hydrogen-bond acceptors (Lipinski definition) is 5. The van der Waals surface area contributed by atoms with Crippen LogP contribution < -0.4 is 15.8 Å². The number of carbonyl (C=O) groups is 2.